The lowest BCUT2D eigenvalue weighted by Crippen LogP contribution is -2.18. The van der Waals surface area contributed by atoms with Crippen molar-refractivity contribution in [3.63, 3.8) is 0 Å². The first-order valence-corrected chi connectivity index (χ1v) is 8.93. The number of aliphatic carboxylic acids is 1. The molecule has 0 saturated carbocycles. The van der Waals surface area contributed by atoms with Gasteiger partial charge in [0, 0.05) is 18.4 Å². The fourth-order valence-electron chi connectivity index (χ4n) is 1.61. The molecule has 0 bridgehead atoms. The lowest BCUT2D eigenvalue weighted by Gasteiger charge is -2.06. The fraction of sp³-hybridized carbons (Fsp3) is 0.222. The van der Waals surface area contributed by atoms with E-state index in [9.17, 15) is 41.9 Å². The van der Waals surface area contributed by atoms with E-state index < -0.39 is 62.4 Å². The zero-order chi connectivity index (χ0) is 18.2. The minimum atomic E-state index is -4.95. The van der Waals surface area contributed by atoms with Crippen molar-refractivity contribution in [2.24, 2.45) is 0 Å². The van der Waals surface area contributed by atoms with Gasteiger partial charge in [-0.1, -0.05) is 0 Å². The first kappa shape index (κ1) is 18.4. The Morgan fingerprint density at radius 1 is 1.09 bits per heavy atom. The number of hydrogen-bond donors (Lipinski definition) is 1. The van der Waals surface area contributed by atoms with Gasteiger partial charge in [-0.15, -0.1) is 0 Å². The second kappa shape index (κ2) is 5.88. The van der Waals surface area contributed by atoms with Crippen LogP contribution in [0.1, 0.15) is 0 Å². The molecular formula is C9H8N2O10S2. The number of carbonyl (C=O) groups is 1. The van der Waals surface area contributed by atoms with Gasteiger partial charge >= 0.3 is 5.97 Å². The van der Waals surface area contributed by atoms with Gasteiger partial charge in [0.05, 0.1) is 14.7 Å². The average molecular weight is 368 g/mol. The third-order valence-corrected chi connectivity index (χ3v) is 5.23. The maximum absolute atomic E-state index is 11.9. The Bertz CT molecular complexity index is 881. The summed E-state index contributed by atoms with van der Waals surface area (Å²) in [6.07, 6.45) is 0.612. The van der Waals surface area contributed by atoms with Gasteiger partial charge < -0.3 is 5.11 Å². The molecule has 1 N–H and O–H groups in total. The Morgan fingerprint density at radius 3 is 1.74 bits per heavy atom. The molecule has 0 heterocycles. The van der Waals surface area contributed by atoms with Crippen molar-refractivity contribution in [1.29, 1.82) is 0 Å². The van der Waals surface area contributed by atoms with E-state index in [2.05, 4.69) is 0 Å². The van der Waals surface area contributed by atoms with E-state index in [0.717, 1.165) is 0 Å². The van der Waals surface area contributed by atoms with E-state index in [0.29, 0.717) is 18.4 Å². The van der Waals surface area contributed by atoms with Gasteiger partial charge in [0.1, 0.15) is 0 Å². The number of sulfone groups is 2. The minimum Gasteiger partial charge on any atom is -0.480 e. The summed E-state index contributed by atoms with van der Waals surface area (Å²) in [7, 11) is -9.07. The molecular weight excluding hydrogens is 360 g/mol. The van der Waals surface area contributed by atoms with E-state index in [-0.39, 0.29) is 0 Å². The van der Waals surface area contributed by atoms with Crippen molar-refractivity contribution in [3.8, 4) is 0 Å². The summed E-state index contributed by atoms with van der Waals surface area (Å²) in [4.78, 5) is 27.6. The average Bonchev–Trinajstić information content (AvgIpc) is 2.34. The molecule has 0 aliphatic heterocycles. The molecule has 1 rings (SSSR count). The Morgan fingerprint density at radius 2 is 1.48 bits per heavy atom. The highest BCUT2D eigenvalue weighted by Crippen LogP contribution is 2.36. The van der Waals surface area contributed by atoms with Crippen LogP contribution in [0.25, 0.3) is 0 Å². The molecule has 14 heteroatoms. The molecule has 0 atom stereocenters. The Balaban J connectivity index is 3.99. The number of rotatable bonds is 6. The van der Waals surface area contributed by atoms with Crippen molar-refractivity contribution in [2.75, 3.05) is 12.0 Å². The van der Waals surface area contributed by atoms with Crippen molar-refractivity contribution >= 4 is 37.0 Å². The number of carboxylic acid groups (broad SMARTS) is 1. The van der Waals surface area contributed by atoms with Crippen LogP contribution in [-0.4, -0.2) is 49.8 Å². The second-order valence-corrected chi connectivity index (χ2v) is 8.17. The minimum absolute atomic E-state index is 0.330. The van der Waals surface area contributed by atoms with Gasteiger partial charge in [-0.05, 0) is 0 Å². The predicted octanol–water partition coefficient (Wildman–Crippen LogP) is -0.235. The molecule has 1 aromatic rings. The lowest BCUT2D eigenvalue weighted by molar-refractivity contribution is -0.400. The highest BCUT2D eigenvalue weighted by molar-refractivity contribution is 7.92. The van der Waals surface area contributed by atoms with Gasteiger partial charge in [-0.3, -0.25) is 25.0 Å². The van der Waals surface area contributed by atoms with Gasteiger partial charge in [-0.2, -0.15) is 0 Å². The third-order valence-electron chi connectivity index (χ3n) is 2.47. The van der Waals surface area contributed by atoms with E-state index in [1.54, 1.807) is 0 Å². The van der Waals surface area contributed by atoms with Crippen molar-refractivity contribution in [1.82, 2.24) is 0 Å². The highest BCUT2D eigenvalue weighted by atomic mass is 32.2. The first-order valence-electron chi connectivity index (χ1n) is 5.39. The largest absolute Gasteiger partial charge is 0.480 e. The first-order chi connectivity index (χ1) is 10.3. The zero-order valence-electron chi connectivity index (χ0n) is 11.2. The van der Waals surface area contributed by atoms with Crippen LogP contribution in [0.2, 0.25) is 0 Å². The van der Waals surface area contributed by atoms with Gasteiger partial charge in [0.25, 0.3) is 11.4 Å². The molecule has 12 nitrogen and oxygen atoms in total. The molecule has 0 fully saturated rings. The van der Waals surface area contributed by atoms with Crippen LogP contribution in [-0.2, 0) is 24.5 Å². The Kier molecular flexibility index (Phi) is 4.72. The van der Waals surface area contributed by atoms with Gasteiger partial charge in [0.2, 0.25) is 14.7 Å². The van der Waals surface area contributed by atoms with Crippen LogP contribution in [0.3, 0.4) is 0 Å². The quantitative estimate of drug-likeness (QED) is 0.517. The van der Waals surface area contributed by atoms with Crippen LogP contribution in [0, 0.1) is 20.2 Å². The normalized spacial score (nSPS) is 11.9. The van der Waals surface area contributed by atoms with Crippen molar-refractivity contribution < 1.29 is 36.6 Å². The summed E-state index contributed by atoms with van der Waals surface area (Å²) >= 11 is 0. The predicted molar refractivity (Wildman–Crippen MR) is 72.5 cm³/mol. The molecule has 0 aromatic heterocycles. The molecule has 0 radical (unpaired) electrons. The molecule has 0 saturated heterocycles. The molecule has 0 amide bonds. The summed E-state index contributed by atoms with van der Waals surface area (Å²) in [5.74, 6) is -3.52. The Labute approximate surface area is 128 Å². The van der Waals surface area contributed by atoms with E-state index >= 15 is 0 Å². The number of hydrogen-bond acceptors (Lipinski definition) is 9. The van der Waals surface area contributed by atoms with Gasteiger partial charge in [0.15, 0.2) is 15.6 Å². The van der Waals surface area contributed by atoms with Crippen LogP contribution >= 0.6 is 0 Å². The number of nitro groups is 2. The number of carboxylic acids is 1. The van der Waals surface area contributed by atoms with Crippen LogP contribution in [0.5, 0.6) is 0 Å². The highest BCUT2D eigenvalue weighted by Gasteiger charge is 2.38. The van der Waals surface area contributed by atoms with E-state index in [1.807, 2.05) is 0 Å². The number of nitro benzene ring substituents is 2. The summed E-state index contributed by atoms with van der Waals surface area (Å²) in [6, 6.07) is 0.661. The summed E-state index contributed by atoms with van der Waals surface area (Å²) in [5.41, 5.74) is -2.78. The third kappa shape index (κ3) is 3.98. The lowest BCUT2D eigenvalue weighted by atomic mass is 10.3. The van der Waals surface area contributed by atoms with E-state index in [1.165, 1.54) is 0 Å². The van der Waals surface area contributed by atoms with E-state index in [4.69, 9.17) is 5.11 Å². The van der Waals surface area contributed by atoms with Crippen molar-refractivity contribution in [3.05, 3.63) is 32.4 Å². The molecule has 1 aromatic carbocycles. The molecule has 0 spiro atoms. The maximum Gasteiger partial charge on any atom is 0.319 e. The summed E-state index contributed by atoms with van der Waals surface area (Å²) in [6.45, 7) is 0. The zero-order valence-corrected chi connectivity index (χ0v) is 12.8. The molecule has 126 valence electrons. The fourth-order valence-corrected chi connectivity index (χ4v) is 3.64. The summed E-state index contributed by atoms with van der Waals surface area (Å²) in [5, 5.41) is 30.5. The topological polar surface area (TPSA) is 192 Å². The molecule has 0 aliphatic carbocycles. The van der Waals surface area contributed by atoms with Crippen LogP contribution in [0.15, 0.2) is 21.9 Å². The Hall–Kier alpha value is -2.61. The molecule has 0 unspecified atom stereocenters. The monoisotopic (exact) mass is 368 g/mol. The van der Waals surface area contributed by atoms with Crippen LogP contribution < -0.4 is 0 Å². The van der Waals surface area contributed by atoms with Crippen molar-refractivity contribution in [2.45, 2.75) is 9.79 Å². The second-order valence-electron chi connectivity index (χ2n) is 4.23. The van der Waals surface area contributed by atoms with Gasteiger partial charge in [-0.25, -0.2) is 16.8 Å². The number of nitrogens with zero attached hydrogens (tertiary/aromatic N) is 2. The maximum atomic E-state index is 11.9. The van der Waals surface area contributed by atoms with Crippen LogP contribution in [0.4, 0.5) is 11.4 Å². The smallest absolute Gasteiger partial charge is 0.319 e. The molecule has 23 heavy (non-hydrogen) atoms. The summed E-state index contributed by atoms with van der Waals surface area (Å²) < 4.78 is 46.7. The molecule has 0 aliphatic rings. The SMILES string of the molecule is CS(=O)(=O)c1cc([N+](=O)[O-])c(S(=O)(=O)CC(=O)O)c([N+](=O)[O-])c1. The number of benzene rings is 1. The standard InChI is InChI=1S/C9H8N2O10S2/c1-22(18,19)5-2-6(10(14)15)9(7(3-5)11(16)17)23(20,21)4-8(12)13/h2-3H,4H2,1H3,(H,12,13).